The number of rotatable bonds is 6. The van der Waals surface area contributed by atoms with Gasteiger partial charge < -0.3 is 14.7 Å². The van der Waals surface area contributed by atoms with Crippen molar-refractivity contribution in [2.45, 2.75) is 45.6 Å². The second-order valence-electron chi connectivity index (χ2n) is 8.88. The smallest absolute Gasteiger partial charge is 0.168 e. The van der Waals surface area contributed by atoms with E-state index in [1.54, 1.807) is 6.07 Å². The van der Waals surface area contributed by atoms with Crippen LogP contribution < -0.4 is 4.74 Å². The molecule has 1 aromatic heterocycles. The molecule has 2 heterocycles. The number of aliphatic hydroxyl groups excluding tert-OH is 1. The summed E-state index contributed by atoms with van der Waals surface area (Å²) in [5, 5.41) is 9.81. The fourth-order valence-corrected chi connectivity index (χ4v) is 4.18. The van der Waals surface area contributed by atoms with Crippen molar-refractivity contribution in [2.24, 2.45) is 0 Å². The van der Waals surface area contributed by atoms with Crippen molar-refractivity contribution >= 4 is 6.29 Å². The number of carbonyl (C=O) groups excluding carboxylic acids is 1. The van der Waals surface area contributed by atoms with E-state index in [4.69, 9.17) is 4.74 Å². The van der Waals surface area contributed by atoms with Crippen molar-refractivity contribution in [3.63, 3.8) is 0 Å². The van der Waals surface area contributed by atoms with Crippen LogP contribution in [0.2, 0.25) is 0 Å². The van der Waals surface area contributed by atoms with E-state index in [1.165, 1.54) is 11.1 Å². The SMILES string of the molecule is CC(C)c1ccccc1Oc1ccc(C2CCN(C)C2)c(CO)c1.Cc1cccc(C=O)n1. The Morgan fingerprint density at radius 3 is 2.55 bits per heavy atom. The first-order chi connectivity index (χ1) is 15.9. The lowest BCUT2D eigenvalue weighted by atomic mass is 9.93. The highest BCUT2D eigenvalue weighted by Crippen LogP contribution is 2.34. The van der Waals surface area contributed by atoms with Crippen molar-refractivity contribution in [1.82, 2.24) is 9.88 Å². The zero-order valence-electron chi connectivity index (χ0n) is 20.0. The van der Waals surface area contributed by atoms with Gasteiger partial charge in [-0.2, -0.15) is 0 Å². The van der Waals surface area contributed by atoms with Gasteiger partial charge in [0.1, 0.15) is 17.2 Å². The molecule has 0 spiro atoms. The van der Waals surface area contributed by atoms with Crippen LogP contribution in [-0.2, 0) is 6.61 Å². The van der Waals surface area contributed by atoms with E-state index in [1.807, 2.05) is 49.4 Å². The van der Waals surface area contributed by atoms with E-state index in [0.29, 0.717) is 17.5 Å². The Morgan fingerprint density at radius 1 is 1.15 bits per heavy atom. The standard InChI is InChI=1S/C21H27NO2.C7H7NO/c1-15(2)19-6-4-5-7-21(19)24-18-8-9-20(17(12-18)14-23)16-10-11-22(3)13-16;1-6-3-2-4-7(5-9)8-6/h4-9,12,15-16,23H,10-11,13-14H2,1-3H3;2-5H,1H3. The molecular formula is C28H34N2O3. The van der Waals surface area contributed by atoms with E-state index in [-0.39, 0.29) is 6.61 Å². The molecule has 1 saturated heterocycles. The molecule has 1 unspecified atom stereocenters. The highest BCUT2D eigenvalue weighted by molar-refractivity contribution is 5.71. The average molecular weight is 447 g/mol. The maximum absolute atomic E-state index is 10.1. The van der Waals surface area contributed by atoms with Gasteiger partial charge in [0, 0.05) is 12.2 Å². The molecule has 0 bridgehead atoms. The number of nitrogens with zero attached hydrogens (tertiary/aromatic N) is 2. The molecule has 1 aliphatic rings. The topological polar surface area (TPSA) is 62.7 Å². The Morgan fingerprint density at radius 2 is 1.94 bits per heavy atom. The molecule has 2 aromatic carbocycles. The first kappa shape index (κ1) is 24.6. The summed E-state index contributed by atoms with van der Waals surface area (Å²) in [6.45, 7) is 8.42. The Hall–Kier alpha value is -3.02. The van der Waals surface area contributed by atoms with Crippen molar-refractivity contribution < 1.29 is 14.6 Å². The molecule has 33 heavy (non-hydrogen) atoms. The number of hydrogen-bond acceptors (Lipinski definition) is 5. The lowest BCUT2D eigenvalue weighted by Crippen LogP contribution is -2.14. The number of aldehydes is 1. The minimum Gasteiger partial charge on any atom is -0.457 e. The monoisotopic (exact) mass is 446 g/mol. The van der Waals surface area contributed by atoms with Crippen LogP contribution in [0.3, 0.4) is 0 Å². The van der Waals surface area contributed by atoms with Crippen LogP contribution in [0, 0.1) is 6.92 Å². The lowest BCUT2D eigenvalue weighted by molar-refractivity contribution is 0.111. The summed E-state index contributed by atoms with van der Waals surface area (Å²) in [7, 11) is 2.15. The predicted octanol–water partition coefficient (Wildman–Crippen LogP) is 5.72. The number of likely N-dealkylation sites (N-methyl/N-ethyl adjacent to an activating group) is 1. The van der Waals surface area contributed by atoms with Crippen molar-refractivity contribution in [2.75, 3.05) is 20.1 Å². The molecule has 3 aromatic rings. The molecule has 1 aliphatic heterocycles. The van der Waals surface area contributed by atoms with Gasteiger partial charge >= 0.3 is 0 Å². The quantitative estimate of drug-likeness (QED) is 0.491. The third-order valence-electron chi connectivity index (χ3n) is 5.92. The number of benzene rings is 2. The molecule has 0 aliphatic carbocycles. The summed E-state index contributed by atoms with van der Waals surface area (Å²) in [6, 6.07) is 19.7. The fraction of sp³-hybridized carbons (Fsp3) is 0.357. The van der Waals surface area contributed by atoms with Crippen molar-refractivity contribution in [1.29, 1.82) is 0 Å². The molecule has 174 valence electrons. The average Bonchev–Trinajstić information content (AvgIpc) is 3.25. The van der Waals surface area contributed by atoms with Gasteiger partial charge in [0.15, 0.2) is 6.29 Å². The number of aryl methyl sites for hydroxylation is 1. The van der Waals surface area contributed by atoms with Crippen molar-refractivity contribution in [3.8, 4) is 11.5 Å². The summed E-state index contributed by atoms with van der Waals surface area (Å²) < 4.78 is 6.13. The molecule has 0 radical (unpaired) electrons. The predicted molar refractivity (Wildman–Crippen MR) is 132 cm³/mol. The van der Waals surface area contributed by atoms with Gasteiger partial charge in [-0.25, -0.2) is 0 Å². The van der Waals surface area contributed by atoms with Crippen LogP contribution in [0.1, 0.15) is 65.0 Å². The van der Waals surface area contributed by atoms with Gasteiger partial charge in [0.05, 0.1) is 6.61 Å². The number of likely N-dealkylation sites (tertiary alicyclic amines) is 1. The summed E-state index contributed by atoms with van der Waals surface area (Å²) in [5.41, 5.74) is 4.81. The van der Waals surface area contributed by atoms with E-state index < -0.39 is 0 Å². The van der Waals surface area contributed by atoms with E-state index in [9.17, 15) is 9.90 Å². The highest BCUT2D eigenvalue weighted by Gasteiger charge is 2.23. The van der Waals surface area contributed by atoms with E-state index in [0.717, 1.165) is 48.6 Å². The normalized spacial score (nSPS) is 15.8. The van der Waals surface area contributed by atoms with Gasteiger partial charge in [-0.1, -0.05) is 44.2 Å². The molecule has 0 amide bonds. The number of aromatic nitrogens is 1. The molecular weight excluding hydrogens is 412 g/mol. The van der Waals surface area contributed by atoms with Crippen LogP contribution in [0.4, 0.5) is 0 Å². The maximum atomic E-state index is 10.1. The third kappa shape index (κ3) is 6.73. The zero-order chi connectivity index (χ0) is 23.8. The number of carbonyl (C=O) groups is 1. The van der Waals surface area contributed by atoms with Crippen LogP contribution in [0.25, 0.3) is 0 Å². The number of aliphatic hydroxyl groups is 1. The summed E-state index contributed by atoms with van der Waals surface area (Å²) in [4.78, 5) is 16.4. The second kappa shape index (κ2) is 11.7. The highest BCUT2D eigenvalue weighted by atomic mass is 16.5. The molecule has 4 rings (SSSR count). The Balaban J connectivity index is 0.000000286. The van der Waals surface area contributed by atoms with Crippen molar-refractivity contribution in [3.05, 3.63) is 88.7 Å². The summed E-state index contributed by atoms with van der Waals surface area (Å²) in [5.74, 6) is 2.60. The van der Waals surface area contributed by atoms with E-state index >= 15 is 0 Å². The first-order valence-electron chi connectivity index (χ1n) is 11.5. The van der Waals surface area contributed by atoms with Gasteiger partial charge in [0.25, 0.3) is 0 Å². The number of hydrogen-bond donors (Lipinski definition) is 1. The van der Waals surface area contributed by atoms with Crippen LogP contribution in [0.5, 0.6) is 11.5 Å². The molecule has 5 heteroatoms. The largest absolute Gasteiger partial charge is 0.457 e. The summed E-state index contributed by atoms with van der Waals surface area (Å²) >= 11 is 0. The maximum Gasteiger partial charge on any atom is 0.168 e. The number of ether oxygens (including phenoxy) is 1. The number of para-hydroxylation sites is 1. The van der Waals surface area contributed by atoms with Gasteiger partial charge in [-0.15, -0.1) is 0 Å². The Bertz CT molecular complexity index is 1060. The lowest BCUT2D eigenvalue weighted by Gasteiger charge is -2.18. The minimum absolute atomic E-state index is 0.0541. The Labute approximate surface area is 197 Å². The van der Waals surface area contributed by atoms with Crippen LogP contribution in [0.15, 0.2) is 60.7 Å². The second-order valence-corrected chi connectivity index (χ2v) is 8.88. The van der Waals surface area contributed by atoms with Crippen LogP contribution >= 0.6 is 0 Å². The fourth-order valence-electron chi connectivity index (χ4n) is 4.18. The van der Waals surface area contributed by atoms with Crippen LogP contribution in [-0.4, -0.2) is 41.4 Å². The molecule has 1 fully saturated rings. The van der Waals surface area contributed by atoms with Gasteiger partial charge in [0.2, 0.25) is 0 Å². The van der Waals surface area contributed by atoms with Gasteiger partial charge in [-0.3, -0.25) is 9.78 Å². The molecule has 5 nitrogen and oxygen atoms in total. The third-order valence-corrected chi connectivity index (χ3v) is 5.92. The zero-order valence-corrected chi connectivity index (χ0v) is 20.0. The Kier molecular flexibility index (Phi) is 8.75. The molecule has 1 N–H and O–H groups in total. The van der Waals surface area contributed by atoms with E-state index in [2.05, 4.69) is 42.9 Å². The minimum atomic E-state index is 0.0541. The first-order valence-corrected chi connectivity index (χ1v) is 11.5. The van der Waals surface area contributed by atoms with Gasteiger partial charge in [-0.05, 0) is 85.8 Å². The molecule has 0 saturated carbocycles. The molecule has 1 atom stereocenters. The summed E-state index contributed by atoms with van der Waals surface area (Å²) in [6.07, 6.45) is 1.90. The number of pyridine rings is 1.